The molecule has 2 rings (SSSR count). The number of rotatable bonds is 5. The number of phenolic OH excluding ortho intramolecular Hbond substituents is 2. The van der Waals surface area contributed by atoms with E-state index in [0.29, 0.717) is 11.1 Å². The van der Waals surface area contributed by atoms with Gasteiger partial charge in [-0.25, -0.2) is 0 Å². The van der Waals surface area contributed by atoms with Crippen LogP contribution in [0, 0.1) is 0 Å². The summed E-state index contributed by atoms with van der Waals surface area (Å²) in [6.45, 7) is 1.81. The minimum Gasteiger partial charge on any atom is -0.550 e. The van der Waals surface area contributed by atoms with Crippen LogP contribution in [0.4, 0.5) is 0 Å². The highest BCUT2D eigenvalue weighted by molar-refractivity contribution is 5.65. The molecule has 0 aliphatic heterocycles. The normalized spacial score (nSPS) is 11.3. The third-order valence-electron chi connectivity index (χ3n) is 3.83. The van der Waals surface area contributed by atoms with Crippen LogP contribution in [0.2, 0.25) is 0 Å². The van der Waals surface area contributed by atoms with E-state index in [-0.39, 0.29) is 24.3 Å². The van der Waals surface area contributed by atoms with E-state index in [2.05, 4.69) is 0 Å². The van der Waals surface area contributed by atoms with Crippen molar-refractivity contribution in [3.63, 3.8) is 0 Å². The van der Waals surface area contributed by atoms with Gasteiger partial charge in [-0.05, 0) is 25.0 Å². The van der Waals surface area contributed by atoms with Gasteiger partial charge in [0.25, 0.3) is 0 Å². The molecule has 4 heteroatoms. The number of aromatic hydroxyl groups is 2. The van der Waals surface area contributed by atoms with Gasteiger partial charge in [-0.1, -0.05) is 43.3 Å². The molecule has 2 N–H and O–H groups in total. The van der Waals surface area contributed by atoms with Gasteiger partial charge in [0, 0.05) is 22.5 Å². The maximum atomic E-state index is 10.8. The topological polar surface area (TPSA) is 80.6 Å². The first-order valence-electron chi connectivity index (χ1n) is 6.72. The molecule has 0 bridgehead atoms. The van der Waals surface area contributed by atoms with Crippen molar-refractivity contribution in [3.8, 4) is 11.5 Å². The molecule has 0 aliphatic carbocycles. The zero-order chi connectivity index (χ0) is 15.5. The van der Waals surface area contributed by atoms with Crippen molar-refractivity contribution in [2.75, 3.05) is 0 Å². The predicted octanol–water partition coefficient (Wildman–Crippen LogP) is 1.93. The van der Waals surface area contributed by atoms with Crippen LogP contribution in [0.15, 0.2) is 48.5 Å². The fraction of sp³-hybridized carbons (Fsp3) is 0.235. The maximum absolute atomic E-state index is 10.8. The van der Waals surface area contributed by atoms with E-state index in [9.17, 15) is 20.1 Å². The van der Waals surface area contributed by atoms with Crippen molar-refractivity contribution in [1.29, 1.82) is 0 Å². The highest BCUT2D eigenvalue weighted by Crippen LogP contribution is 2.43. The zero-order valence-electron chi connectivity index (χ0n) is 11.7. The molecule has 0 spiro atoms. The summed E-state index contributed by atoms with van der Waals surface area (Å²) in [6.07, 6.45) is 0.0453. The summed E-state index contributed by atoms with van der Waals surface area (Å²) < 4.78 is 0. The highest BCUT2D eigenvalue weighted by atomic mass is 16.4. The number of benzene rings is 2. The summed E-state index contributed by atoms with van der Waals surface area (Å²) in [6, 6.07) is 13.5. The number of hydrogen-bond donors (Lipinski definition) is 2. The van der Waals surface area contributed by atoms with Crippen molar-refractivity contribution in [2.45, 2.75) is 25.2 Å². The Bertz CT molecular complexity index is 603. The van der Waals surface area contributed by atoms with Gasteiger partial charge >= 0.3 is 0 Å². The van der Waals surface area contributed by atoms with Gasteiger partial charge in [-0.2, -0.15) is 0 Å². The van der Waals surface area contributed by atoms with E-state index in [1.165, 1.54) is 0 Å². The van der Waals surface area contributed by atoms with Gasteiger partial charge in [0.15, 0.2) is 0 Å². The quantitative estimate of drug-likeness (QED) is 0.879. The average molecular weight is 285 g/mol. The Morgan fingerprint density at radius 1 is 1.00 bits per heavy atom. The van der Waals surface area contributed by atoms with Crippen LogP contribution in [0.5, 0.6) is 11.5 Å². The second kappa shape index (κ2) is 5.87. The molecular formula is C17H17O4-. The van der Waals surface area contributed by atoms with Crippen LogP contribution in [-0.4, -0.2) is 16.2 Å². The fourth-order valence-corrected chi connectivity index (χ4v) is 2.65. The Morgan fingerprint density at radius 3 is 1.81 bits per heavy atom. The number of carboxylic acids is 1. The summed E-state index contributed by atoms with van der Waals surface area (Å²) >= 11 is 0. The van der Waals surface area contributed by atoms with Gasteiger partial charge in [-0.15, -0.1) is 0 Å². The van der Waals surface area contributed by atoms with Crippen LogP contribution in [0.1, 0.15) is 30.9 Å². The third-order valence-corrected chi connectivity index (χ3v) is 3.83. The molecule has 0 aliphatic rings. The molecule has 0 heterocycles. The first kappa shape index (κ1) is 14.9. The van der Waals surface area contributed by atoms with Crippen molar-refractivity contribution in [3.05, 3.63) is 59.7 Å². The highest BCUT2D eigenvalue weighted by Gasteiger charge is 2.33. The SMILES string of the molecule is CC(CCC(=O)[O-])(c1ccccc1O)c1ccccc1O. The zero-order valence-corrected chi connectivity index (χ0v) is 11.7. The molecular weight excluding hydrogens is 268 g/mol. The summed E-state index contributed by atoms with van der Waals surface area (Å²) in [5.41, 5.74) is 0.331. The second-order valence-corrected chi connectivity index (χ2v) is 5.24. The number of carboxylic acid groups (broad SMARTS) is 1. The molecule has 0 atom stereocenters. The van der Waals surface area contributed by atoms with Crippen LogP contribution in [-0.2, 0) is 10.2 Å². The molecule has 0 unspecified atom stereocenters. The molecule has 0 saturated carbocycles. The molecule has 0 fully saturated rings. The molecule has 0 radical (unpaired) electrons. The monoisotopic (exact) mass is 285 g/mol. The Kier molecular flexibility index (Phi) is 4.17. The molecule has 2 aromatic rings. The van der Waals surface area contributed by atoms with Crippen molar-refractivity contribution in [1.82, 2.24) is 0 Å². The Morgan fingerprint density at radius 2 is 1.43 bits per heavy atom. The molecule has 4 nitrogen and oxygen atoms in total. The van der Waals surface area contributed by atoms with Gasteiger partial charge < -0.3 is 20.1 Å². The molecule has 0 amide bonds. The lowest BCUT2D eigenvalue weighted by Gasteiger charge is -2.32. The number of aliphatic carboxylic acids is 1. The van der Waals surface area contributed by atoms with E-state index in [1.54, 1.807) is 55.5 Å². The number of carbonyl (C=O) groups is 1. The smallest absolute Gasteiger partial charge is 0.119 e. The van der Waals surface area contributed by atoms with Crippen molar-refractivity contribution in [2.24, 2.45) is 0 Å². The van der Waals surface area contributed by atoms with E-state index < -0.39 is 11.4 Å². The Hall–Kier alpha value is -2.49. The van der Waals surface area contributed by atoms with Crippen LogP contribution in [0.3, 0.4) is 0 Å². The number of para-hydroxylation sites is 2. The van der Waals surface area contributed by atoms with E-state index in [4.69, 9.17) is 0 Å². The van der Waals surface area contributed by atoms with Crippen LogP contribution in [0.25, 0.3) is 0 Å². The largest absolute Gasteiger partial charge is 0.550 e. The van der Waals surface area contributed by atoms with Crippen molar-refractivity contribution >= 4 is 5.97 Å². The summed E-state index contributed by atoms with van der Waals surface area (Å²) in [5.74, 6) is -1.02. The summed E-state index contributed by atoms with van der Waals surface area (Å²) in [5, 5.41) is 31.1. The molecule has 2 aromatic carbocycles. The lowest BCUT2D eigenvalue weighted by atomic mass is 9.72. The van der Waals surface area contributed by atoms with Gasteiger partial charge in [0.1, 0.15) is 11.5 Å². The van der Waals surface area contributed by atoms with Crippen LogP contribution < -0.4 is 5.11 Å². The predicted molar refractivity (Wildman–Crippen MR) is 76.9 cm³/mol. The lowest BCUT2D eigenvalue weighted by molar-refractivity contribution is -0.306. The molecule has 0 aromatic heterocycles. The van der Waals surface area contributed by atoms with Gasteiger partial charge in [0.05, 0.1) is 0 Å². The molecule has 21 heavy (non-hydrogen) atoms. The minimum atomic E-state index is -1.16. The number of hydrogen-bond acceptors (Lipinski definition) is 4. The first-order valence-corrected chi connectivity index (χ1v) is 6.72. The summed E-state index contributed by atoms with van der Waals surface area (Å²) in [7, 11) is 0. The Balaban J connectivity index is 2.57. The standard InChI is InChI=1S/C17H18O4/c1-17(11-10-16(20)21,12-6-2-4-8-14(12)18)13-7-3-5-9-15(13)19/h2-9,18-19H,10-11H2,1H3,(H,20,21)/p-1. The Labute approximate surface area is 123 Å². The van der Waals surface area contributed by atoms with E-state index >= 15 is 0 Å². The first-order chi connectivity index (χ1) is 9.95. The lowest BCUT2D eigenvalue weighted by Crippen LogP contribution is -2.29. The average Bonchev–Trinajstić information content (AvgIpc) is 2.46. The van der Waals surface area contributed by atoms with Gasteiger partial charge in [0.2, 0.25) is 0 Å². The maximum Gasteiger partial charge on any atom is 0.119 e. The third kappa shape index (κ3) is 2.99. The van der Waals surface area contributed by atoms with Crippen molar-refractivity contribution < 1.29 is 20.1 Å². The second-order valence-electron chi connectivity index (χ2n) is 5.24. The summed E-state index contributed by atoms with van der Waals surface area (Å²) in [4.78, 5) is 10.8. The van der Waals surface area contributed by atoms with Gasteiger partial charge in [-0.3, -0.25) is 0 Å². The van der Waals surface area contributed by atoms with E-state index in [0.717, 1.165) is 0 Å². The molecule has 0 saturated heterocycles. The fourth-order valence-electron chi connectivity index (χ4n) is 2.65. The minimum absolute atomic E-state index is 0.0709. The number of carbonyl (C=O) groups excluding carboxylic acids is 1. The van der Waals surface area contributed by atoms with Crippen LogP contribution >= 0.6 is 0 Å². The molecule has 110 valence electrons. The van der Waals surface area contributed by atoms with E-state index in [1.807, 2.05) is 0 Å². The number of phenols is 2.